The molecule has 90 valence electrons. The van der Waals surface area contributed by atoms with E-state index in [0.717, 1.165) is 5.70 Å². The summed E-state index contributed by atoms with van der Waals surface area (Å²) in [7, 11) is 0. The molecule has 1 rings (SSSR count). The van der Waals surface area contributed by atoms with E-state index in [1.165, 1.54) is 37.7 Å². The zero-order valence-electron chi connectivity index (χ0n) is 10.7. The molecule has 0 aromatic rings. The highest BCUT2D eigenvalue weighted by Gasteiger charge is 2.15. The van der Waals surface area contributed by atoms with Crippen molar-refractivity contribution in [2.24, 2.45) is 17.6 Å². The summed E-state index contributed by atoms with van der Waals surface area (Å²) >= 11 is 0. The highest BCUT2D eigenvalue weighted by atomic mass is 14.6. The molecular formula is C15H25N. The molecule has 16 heavy (non-hydrogen) atoms. The first-order chi connectivity index (χ1) is 7.59. The van der Waals surface area contributed by atoms with Crippen LogP contribution in [0.25, 0.3) is 0 Å². The first kappa shape index (κ1) is 13.1. The van der Waals surface area contributed by atoms with E-state index in [4.69, 9.17) is 5.73 Å². The Balaban J connectivity index is 2.14. The predicted octanol–water partition coefficient (Wildman–Crippen LogP) is 4.18. The van der Waals surface area contributed by atoms with Gasteiger partial charge in [0.1, 0.15) is 0 Å². The normalized spacial score (nSPS) is 24.2. The second-order valence-electron chi connectivity index (χ2n) is 5.11. The van der Waals surface area contributed by atoms with Gasteiger partial charge in [-0.2, -0.15) is 0 Å². The van der Waals surface area contributed by atoms with Crippen LogP contribution in [0.1, 0.15) is 46.0 Å². The molecule has 2 atom stereocenters. The lowest BCUT2D eigenvalue weighted by molar-refractivity contribution is 0.443. The molecule has 0 saturated heterocycles. The monoisotopic (exact) mass is 219 g/mol. The third-order valence-electron chi connectivity index (χ3n) is 3.31. The topological polar surface area (TPSA) is 26.0 Å². The molecule has 1 nitrogen and oxygen atoms in total. The molecule has 2 unspecified atom stereocenters. The van der Waals surface area contributed by atoms with Gasteiger partial charge in [-0.15, -0.1) is 6.58 Å². The van der Waals surface area contributed by atoms with Crippen molar-refractivity contribution < 1.29 is 0 Å². The Morgan fingerprint density at radius 3 is 2.75 bits per heavy atom. The Bertz CT molecular complexity index is 286. The van der Waals surface area contributed by atoms with Crippen LogP contribution in [0.15, 0.2) is 36.1 Å². The quantitative estimate of drug-likeness (QED) is 0.526. The summed E-state index contributed by atoms with van der Waals surface area (Å²) in [5.41, 5.74) is 7.99. The summed E-state index contributed by atoms with van der Waals surface area (Å²) in [5.74, 6) is 1.29. The molecular weight excluding hydrogens is 194 g/mol. The summed E-state index contributed by atoms with van der Waals surface area (Å²) < 4.78 is 0. The number of unbranched alkanes of at least 4 members (excludes halogenated alkanes) is 2. The zero-order chi connectivity index (χ0) is 12.0. The van der Waals surface area contributed by atoms with Gasteiger partial charge in [-0.25, -0.2) is 0 Å². The van der Waals surface area contributed by atoms with Crippen LogP contribution in [-0.4, -0.2) is 0 Å². The van der Waals surface area contributed by atoms with Gasteiger partial charge in [0.25, 0.3) is 0 Å². The fourth-order valence-electron chi connectivity index (χ4n) is 2.24. The lowest BCUT2D eigenvalue weighted by atomic mass is 9.85. The second kappa shape index (κ2) is 6.57. The molecule has 0 saturated carbocycles. The van der Waals surface area contributed by atoms with Crippen molar-refractivity contribution in [2.75, 3.05) is 0 Å². The van der Waals surface area contributed by atoms with E-state index in [1.807, 2.05) is 0 Å². The molecule has 0 fully saturated rings. The minimum Gasteiger partial charge on any atom is -0.399 e. The zero-order valence-corrected chi connectivity index (χ0v) is 10.7. The van der Waals surface area contributed by atoms with Crippen molar-refractivity contribution in [2.45, 2.75) is 46.0 Å². The highest BCUT2D eigenvalue weighted by Crippen LogP contribution is 2.26. The molecule has 0 amide bonds. The average molecular weight is 219 g/mol. The van der Waals surface area contributed by atoms with Gasteiger partial charge in [0.2, 0.25) is 0 Å². The minimum atomic E-state index is 0.603. The van der Waals surface area contributed by atoms with Gasteiger partial charge < -0.3 is 5.73 Å². The van der Waals surface area contributed by atoms with Crippen molar-refractivity contribution in [1.82, 2.24) is 0 Å². The lowest BCUT2D eigenvalue weighted by Gasteiger charge is -2.21. The van der Waals surface area contributed by atoms with Gasteiger partial charge in [0.15, 0.2) is 0 Å². The Hall–Kier alpha value is -0.980. The summed E-state index contributed by atoms with van der Waals surface area (Å²) in [6.45, 7) is 8.30. The molecule has 2 N–H and O–H groups in total. The van der Waals surface area contributed by atoms with Crippen molar-refractivity contribution in [1.29, 1.82) is 0 Å². The molecule has 0 aromatic carbocycles. The van der Waals surface area contributed by atoms with E-state index >= 15 is 0 Å². The lowest BCUT2D eigenvalue weighted by Crippen LogP contribution is -2.13. The molecule has 1 aliphatic rings. The maximum absolute atomic E-state index is 5.76. The van der Waals surface area contributed by atoms with Crippen LogP contribution < -0.4 is 5.73 Å². The van der Waals surface area contributed by atoms with Gasteiger partial charge in [-0.1, -0.05) is 37.5 Å². The van der Waals surface area contributed by atoms with E-state index in [-0.39, 0.29) is 0 Å². The molecule has 1 aliphatic carbocycles. The van der Waals surface area contributed by atoms with Crippen molar-refractivity contribution in [3.8, 4) is 0 Å². The van der Waals surface area contributed by atoms with Gasteiger partial charge >= 0.3 is 0 Å². The van der Waals surface area contributed by atoms with Gasteiger partial charge in [0.05, 0.1) is 0 Å². The molecule has 1 heteroatoms. The van der Waals surface area contributed by atoms with E-state index in [0.29, 0.717) is 11.8 Å². The van der Waals surface area contributed by atoms with E-state index in [9.17, 15) is 0 Å². The van der Waals surface area contributed by atoms with E-state index in [2.05, 4.69) is 38.7 Å². The SMILES string of the molecule is C=C(C)CCCCCC1C=CC(N)=CC1C. The summed E-state index contributed by atoms with van der Waals surface area (Å²) in [4.78, 5) is 0. The van der Waals surface area contributed by atoms with Crippen LogP contribution in [-0.2, 0) is 0 Å². The highest BCUT2D eigenvalue weighted by molar-refractivity contribution is 5.22. The largest absolute Gasteiger partial charge is 0.399 e. The number of hydrogen-bond acceptors (Lipinski definition) is 1. The molecule has 0 spiro atoms. The Labute approximate surface area is 100 Å². The number of allylic oxidation sites excluding steroid dienone is 4. The van der Waals surface area contributed by atoms with Gasteiger partial charge in [-0.05, 0) is 44.1 Å². The number of hydrogen-bond donors (Lipinski definition) is 1. The maximum Gasteiger partial charge on any atom is 0.0273 e. The molecule has 0 bridgehead atoms. The van der Waals surface area contributed by atoms with Crippen LogP contribution >= 0.6 is 0 Å². The fourth-order valence-corrected chi connectivity index (χ4v) is 2.24. The average Bonchev–Trinajstić information content (AvgIpc) is 2.20. The third-order valence-corrected chi connectivity index (χ3v) is 3.31. The standard InChI is InChI=1S/C15H25N/c1-12(2)7-5-4-6-8-14-9-10-15(16)11-13(14)3/h9-11,13-14H,1,4-8,16H2,2-3H3. The summed E-state index contributed by atoms with van der Waals surface area (Å²) in [6.07, 6.45) is 12.9. The Morgan fingerprint density at radius 2 is 2.12 bits per heavy atom. The van der Waals surface area contributed by atoms with Gasteiger partial charge in [-0.3, -0.25) is 0 Å². The van der Waals surface area contributed by atoms with E-state index < -0.39 is 0 Å². The van der Waals surface area contributed by atoms with Crippen LogP contribution in [0.5, 0.6) is 0 Å². The van der Waals surface area contributed by atoms with Gasteiger partial charge in [0, 0.05) is 5.70 Å². The minimum absolute atomic E-state index is 0.603. The van der Waals surface area contributed by atoms with Crippen molar-refractivity contribution >= 4 is 0 Å². The number of rotatable bonds is 6. The molecule has 0 aromatic heterocycles. The van der Waals surface area contributed by atoms with Crippen molar-refractivity contribution in [3.05, 3.63) is 36.1 Å². The number of nitrogens with two attached hydrogens (primary N) is 1. The van der Waals surface area contributed by atoms with Crippen LogP contribution in [0.2, 0.25) is 0 Å². The van der Waals surface area contributed by atoms with Crippen LogP contribution in [0.3, 0.4) is 0 Å². The molecule has 0 heterocycles. The Kier molecular flexibility index (Phi) is 5.37. The first-order valence-corrected chi connectivity index (χ1v) is 6.39. The van der Waals surface area contributed by atoms with Crippen LogP contribution in [0.4, 0.5) is 0 Å². The molecule has 0 aliphatic heterocycles. The first-order valence-electron chi connectivity index (χ1n) is 6.39. The Morgan fingerprint density at radius 1 is 1.38 bits per heavy atom. The van der Waals surface area contributed by atoms with E-state index in [1.54, 1.807) is 0 Å². The smallest absolute Gasteiger partial charge is 0.0273 e. The third kappa shape index (κ3) is 4.69. The summed E-state index contributed by atoms with van der Waals surface area (Å²) in [5, 5.41) is 0. The maximum atomic E-state index is 5.76. The second-order valence-corrected chi connectivity index (χ2v) is 5.11. The van der Waals surface area contributed by atoms with Crippen LogP contribution in [0, 0.1) is 11.8 Å². The summed E-state index contributed by atoms with van der Waals surface area (Å²) in [6, 6.07) is 0. The predicted molar refractivity (Wildman–Crippen MR) is 72.0 cm³/mol. The van der Waals surface area contributed by atoms with Crippen molar-refractivity contribution in [3.63, 3.8) is 0 Å². The molecule has 0 radical (unpaired) electrons. The fraction of sp³-hybridized carbons (Fsp3) is 0.600.